The Morgan fingerprint density at radius 2 is 1.89 bits per heavy atom. The summed E-state index contributed by atoms with van der Waals surface area (Å²) in [6, 6.07) is 3.55. The molecular formula is C13H28O4Si. The first-order chi connectivity index (χ1) is 8.76. The molecule has 0 spiro atoms. The Labute approximate surface area is 112 Å². The van der Waals surface area contributed by atoms with Gasteiger partial charge >= 0.3 is 0 Å². The van der Waals surface area contributed by atoms with Crippen LogP contribution >= 0.6 is 0 Å². The second kappa shape index (κ2) is 9.04. The Bertz CT molecular complexity index is 205. The largest absolute Gasteiger partial charge is 0.414 e. The van der Waals surface area contributed by atoms with E-state index in [1.165, 1.54) is 18.1 Å². The monoisotopic (exact) mass is 276 g/mol. The van der Waals surface area contributed by atoms with Gasteiger partial charge in [0, 0.05) is 13.7 Å². The molecule has 0 aromatic rings. The van der Waals surface area contributed by atoms with Crippen LogP contribution in [0, 0.1) is 0 Å². The van der Waals surface area contributed by atoms with Crippen molar-refractivity contribution in [1.82, 2.24) is 0 Å². The summed E-state index contributed by atoms with van der Waals surface area (Å²) in [7, 11) is 0.187. The molecule has 1 aliphatic heterocycles. The summed E-state index contributed by atoms with van der Waals surface area (Å²) in [6.45, 7) is 8.41. The minimum absolute atomic E-state index is 0.377. The minimum atomic E-state index is -1.53. The van der Waals surface area contributed by atoms with Crippen LogP contribution in [0.3, 0.4) is 0 Å². The van der Waals surface area contributed by atoms with Crippen LogP contribution in [0.2, 0.25) is 18.1 Å². The molecule has 18 heavy (non-hydrogen) atoms. The van der Waals surface area contributed by atoms with Crippen molar-refractivity contribution >= 4 is 8.32 Å². The van der Waals surface area contributed by atoms with Gasteiger partial charge in [0.25, 0.3) is 0 Å². The second-order valence-corrected chi connectivity index (χ2v) is 9.43. The average molecular weight is 276 g/mol. The quantitative estimate of drug-likeness (QED) is 0.312. The highest BCUT2D eigenvalue weighted by atomic mass is 28.4. The van der Waals surface area contributed by atoms with Crippen molar-refractivity contribution in [1.29, 1.82) is 0 Å². The molecule has 0 aromatic carbocycles. The lowest BCUT2D eigenvalue weighted by Gasteiger charge is -2.29. The van der Waals surface area contributed by atoms with E-state index in [0.717, 1.165) is 32.8 Å². The van der Waals surface area contributed by atoms with E-state index in [0.29, 0.717) is 12.7 Å². The van der Waals surface area contributed by atoms with Crippen molar-refractivity contribution in [3.05, 3.63) is 0 Å². The SMILES string of the molecule is CC[Si](CC)(CCCOCC1CO1)OCCOC. The number of hydrogen-bond acceptors (Lipinski definition) is 4. The molecule has 1 saturated heterocycles. The predicted octanol–water partition coefficient (Wildman–Crippen LogP) is 2.44. The number of ether oxygens (including phenoxy) is 3. The summed E-state index contributed by atoms with van der Waals surface area (Å²) in [5.74, 6) is 0. The molecule has 0 amide bonds. The van der Waals surface area contributed by atoms with Crippen LogP contribution in [0.25, 0.3) is 0 Å². The zero-order valence-electron chi connectivity index (χ0n) is 12.1. The van der Waals surface area contributed by atoms with Crippen molar-refractivity contribution < 1.29 is 18.6 Å². The maximum absolute atomic E-state index is 6.14. The maximum Gasteiger partial charge on any atom is 0.192 e. The van der Waals surface area contributed by atoms with Gasteiger partial charge in [-0.3, -0.25) is 0 Å². The number of hydrogen-bond donors (Lipinski definition) is 0. The van der Waals surface area contributed by atoms with Crippen LogP contribution in [0.1, 0.15) is 20.3 Å². The predicted molar refractivity (Wildman–Crippen MR) is 74.5 cm³/mol. The smallest absolute Gasteiger partial charge is 0.192 e. The van der Waals surface area contributed by atoms with Crippen molar-refractivity contribution in [2.45, 2.75) is 44.5 Å². The molecule has 0 aromatic heterocycles. The van der Waals surface area contributed by atoms with Gasteiger partial charge in [-0.1, -0.05) is 13.8 Å². The van der Waals surface area contributed by atoms with E-state index in [-0.39, 0.29) is 0 Å². The van der Waals surface area contributed by atoms with E-state index >= 15 is 0 Å². The molecule has 0 aliphatic carbocycles. The van der Waals surface area contributed by atoms with Crippen LogP contribution in [-0.2, 0) is 18.6 Å². The molecule has 1 rings (SSSR count). The Kier molecular flexibility index (Phi) is 8.09. The van der Waals surface area contributed by atoms with Crippen molar-refractivity contribution in [3.63, 3.8) is 0 Å². The zero-order chi connectivity index (χ0) is 13.3. The molecule has 0 N–H and O–H groups in total. The Morgan fingerprint density at radius 1 is 1.17 bits per heavy atom. The highest BCUT2D eigenvalue weighted by Gasteiger charge is 2.30. The van der Waals surface area contributed by atoms with Gasteiger partial charge in [-0.25, -0.2) is 0 Å². The summed E-state index contributed by atoms with van der Waals surface area (Å²) in [6.07, 6.45) is 1.48. The number of epoxide rings is 1. The third kappa shape index (κ3) is 6.29. The fourth-order valence-electron chi connectivity index (χ4n) is 2.10. The van der Waals surface area contributed by atoms with E-state index in [1.54, 1.807) is 7.11 Å². The minimum Gasteiger partial charge on any atom is -0.414 e. The van der Waals surface area contributed by atoms with E-state index < -0.39 is 8.32 Å². The summed E-state index contributed by atoms with van der Waals surface area (Å²) < 4.78 is 21.9. The van der Waals surface area contributed by atoms with Crippen LogP contribution in [0.15, 0.2) is 0 Å². The molecule has 4 nitrogen and oxygen atoms in total. The molecule has 0 bridgehead atoms. The van der Waals surface area contributed by atoms with Crippen LogP contribution in [-0.4, -0.2) is 54.6 Å². The first-order valence-corrected chi connectivity index (χ1v) is 9.61. The Balaban J connectivity index is 2.13. The van der Waals surface area contributed by atoms with Gasteiger partial charge in [0.1, 0.15) is 6.10 Å². The lowest BCUT2D eigenvalue weighted by Crippen LogP contribution is -2.38. The average Bonchev–Trinajstić information content (AvgIpc) is 3.21. The standard InChI is InChI=1S/C13H28O4Si/c1-4-18(5-2,17-9-8-14-3)10-6-7-15-11-13-12-16-13/h13H,4-12H2,1-3H3. The van der Waals surface area contributed by atoms with E-state index in [9.17, 15) is 0 Å². The van der Waals surface area contributed by atoms with Crippen LogP contribution in [0.4, 0.5) is 0 Å². The molecule has 5 heteroatoms. The number of methoxy groups -OCH3 is 1. The molecular weight excluding hydrogens is 248 g/mol. The van der Waals surface area contributed by atoms with E-state index in [1.807, 2.05) is 0 Å². The lowest BCUT2D eigenvalue weighted by molar-refractivity contribution is 0.114. The zero-order valence-corrected chi connectivity index (χ0v) is 13.1. The fourth-order valence-corrected chi connectivity index (χ4v) is 5.16. The van der Waals surface area contributed by atoms with Gasteiger partial charge < -0.3 is 18.6 Å². The third-order valence-corrected chi connectivity index (χ3v) is 8.27. The van der Waals surface area contributed by atoms with Crippen molar-refractivity contribution in [3.8, 4) is 0 Å². The van der Waals surface area contributed by atoms with Gasteiger partial charge in [-0.15, -0.1) is 0 Å². The molecule has 1 atom stereocenters. The molecule has 0 saturated carbocycles. The maximum atomic E-state index is 6.14. The molecule has 1 heterocycles. The van der Waals surface area contributed by atoms with Gasteiger partial charge in [0.05, 0.1) is 26.4 Å². The molecule has 1 unspecified atom stereocenters. The molecule has 1 aliphatic rings. The molecule has 0 radical (unpaired) electrons. The van der Waals surface area contributed by atoms with Gasteiger partial charge in [-0.05, 0) is 24.6 Å². The highest BCUT2D eigenvalue weighted by Crippen LogP contribution is 2.23. The summed E-state index contributed by atoms with van der Waals surface area (Å²) in [4.78, 5) is 0. The van der Waals surface area contributed by atoms with E-state index in [2.05, 4.69) is 13.8 Å². The normalized spacial score (nSPS) is 19.2. The van der Waals surface area contributed by atoms with Crippen molar-refractivity contribution in [2.75, 3.05) is 40.1 Å². The molecule has 1 fully saturated rings. The van der Waals surface area contributed by atoms with Crippen molar-refractivity contribution in [2.24, 2.45) is 0 Å². The van der Waals surface area contributed by atoms with Gasteiger partial charge in [-0.2, -0.15) is 0 Å². The summed E-state index contributed by atoms with van der Waals surface area (Å²) in [5, 5.41) is 0. The molecule has 108 valence electrons. The summed E-state index contributed by atoms with van der Waals surface area (Å²) in [5.41, 5.74) is 0. The second-order valence-electron chi connectivity index (χ2n) is 4.87. The van der Waals surface area contributed by atoms with Gasteiger partial charge in [0.15, 0.2) is 8.32 Å². The first-order valence-electron chi connectivity index (χ1n) is 7.08. The topological polar surface area (TPSA) is 40.2 Å². The Hall–Kier alpha value is 0.0569. The summed E-state index contributed by atoms with van der Waals surface area (Å²) >= 11 is 0. The Morgan fingerprint density at radius 3 is 2.44 bits per heavy atom. The van der Waals surface area contributed by atoms with E-state index in [4.69, 9.17) is 18.6 Å². The van der Waals surface area contributed by atoms with Gasteiger partial charge in [0.2, 0.25) is 0 Å². The first kappa shape index (κ1) is 16.1. The van der Waals surface area contributed by atoms with Crippen LogP contribution < -0.4 is 0 Å². The highest BCUT2D eigenvalue weighted by molar-refractivity contribution is 6.73. The fraction of sp³-hybridized carbons (Fsp3) is 1.00. The van der Waals surface area contributed by atoms with Crippen LogP contribution in [0.5, 0.6) is 0 Å². The number of rotatable bonds is 12. The lowest BCUT2D eigenvalue weighted by atomic mass is 10.5. The third-order valence-electron chi connectivity index (χ3n) is 3.61.